The van der Waals surface area contributed by atoms with Crippen LogP contribution in [-0.4, -0.2) is 4.98 Å². The van der Waals surface area contributed by atoms with Crippen molar-refractivity contribution in [3.05, 3.63) is 41.3 Å². The summed E-state index contributed by atoms with van der Waals surface area (Å²) in [7, 11) is 0. The summed E-state index contributed by atoms with van der Waals surface area (Å²) in [6.07, 6.45) is 2.53. The lowest BCUT2D eigenvalue weighted by molar-refractivity contribution is 0.364. The van der Waals surface area contributed by atoms with Gasteiger partial charge in [-0.25, -0.2) is 13.8 Å². The Balaban J connectivity index is 3.03. The van der Waals surface area contributed by atoms with Crippen LogP contribution in [0.3, 0.4) is 0 Å². The fourth-order valence-corrected chi connectivity index (χ4v) is 1.26. The van der Waals surface area contributed by atoms with Crippen LogP contribution in [0.2, 0.25) is 0 Å². The van der Waals surface area contributed by atoms with Crippen LogP contribution in [0.15, 0.2) is 35.8 Å². The summed E-state index contributed by atoms with van der Waals surface area (Å²) in [6, 6.07) is 1.53. The maximum Gasteiger partial charge on any atom is 0.219 e. The van der Waals surface area contributed by atoms with Gasteiger partial charge in [0.15, 0.2) is 11.6 Å². The number of hydrogen-bond donors (Lipinski definition) is 2. The molecule has 1 aromatic heterocycles. The number of nitrogen functional groups attached to an aromatic ring is 1. The van der Waals surface area contributed by atoms with E-state index in [2.05, 4.69) is 10.4 Å². The molecule has 0 bridgehead atoms. The first kappa shape index (κ1) is 14.1. The summed E-state index contributed by atoms with van der Waals surface area (Å²) < 4.78 is 31.6. The first-order valence-corrected chi connectivity index (χ1v) is 5.29. The van der Waals surface area contributed by atoms with E-state index in [1.165, 1.54) is 19.2 Å². The van der Waals surface area contributed by atoms with E-state index < -0.39 is 17.4 Å². The van der Waals surface area contributed by atoms with Crippen LogP contribution in [0.5, 0.6) is 5.88 Å². The standard InChI is InChI=1S/C12H15F2N3O/c1-4-9(14)12(8(3)13)18-11-5-7(2)10(17-15)6-16-11/h4-6,17H,15H2,1-3H3/b9-4+,12-8-. The molecule has 0 atom stereocenters. The maximum absolute atomic E-state index is 13.4. The number of pyridine rings is 1. The molecule has 0 fully saturated rings. The zero-order valence-corrected chi connectivity index (χ0v) is 10.4. The molecule has 4 nitrogen and oxygen atoms in total. The third kappa shape index (κ3) is 3.27. The Labute approximate surface area is 104 Å². The third-order valence-electron chi connectivity index (χ3n) is 2.23. The number of halogens is 2. The minimum atomic E-state index is -0.782. The Morgan fingerprint density at radius 3 is 2.61 bits per heavy atom. The zero-order chi connectivity index (χ0) is 13.7. The Hall–Kier alpha value is -1.95. The van der Waals surface area contributed by atoms with Crippen molar-refractivity contribution in [2.24, 2.45) is 5.84 Å². The van der Waals surface area contributed by atoms with Gasteiger partial charge < -0.3 is 10.2 Å². The van der Waals surface area contributed by atoms with E-state index in [9.17, 15) is 8.78 Å². The first-order valence-electron chi connectivity index (χ1n) is 5.29. The minimum absolute atomic E-state index is 0.0931. The summed E-state index contributed by atoms with van der Waals surface area (Å²) in [5.41, 5.74) is 3.80. The van der Waals surface area contributed by atoms with Crippen molar-refractivity contribution < 1.29 is 13.5 Å². The van der Waals surface area contributed by atoms with Gasteiger partial charge in [0.2, 0.25) is 5.88 Å². The topological polar surface area (TPSA) is 60.2 Å². The van der Waals surface area contributed by atoms with E-state index in [1.54, 1.807) is 6.92 Å². The number of aromatic nitrogens is 1. The van der Waals surface area contributed by atoms with Crippen molar-refractivity contribution in [1.82, 2.24) is 4.98 Å². The highest BCUT2D eigenvalue weighted by atomic mass is 19.1. The molecule has 0 aromatic carbocycles. The average molecular weight is 255 g/mol. The molecule has 0 saturated heterocycles. The monoisotopic (exact) mass is 255 g/mol. The molecule has 1 rings (SSSR count). The lowest BCUT2D eigenvalue weighted by Gasteiger charge is -2.10. The van der Waals surface area contributed by atoms with Gasteiger partial charge in [0, 0.05) is 6.07 Å². The molecule has 0 aliphatic heterocycles. The molecule has 1 heterocycles. The molecule has 98 valence electrons. The van der Waals surface area contributed by atoms with Crippen LogP contribution in [0.25, 0.3) is 0 Å². The van der Waals surface area contributed by atoms with Crippen molar-refractivity contribution in [1.29, 1.82) is 0 Å². The Morgan fingerprint density at radius 2 is 2.17 bits per heavy atom. The number of ether oxygens (including phenoxy) is 1. The number of aryl methyl sites for hydroxylation is 1. The Bertz CT molecular complexity index is 494. The molecule has 3 N–H and O–H groups in total. The molecule has 0 aliphatic carbocycles. The van der Waals surface area contributed by atoms with Gasteiger partial charge in [0.25, 0.3) is 0 Å². The van der Waals surface area contributed by atoms with E-state index in [0.717, 1.165) is 18.6 Å². The summed E-state index contributed by atoms with van der Waals surface area (Å²) in [5.74, 6) is 3.33. The van der Waals surface area contributed by atoms with E-state index in [-0.39, 0.29) is 5.88 Å². The van der Waals surface area contributed by atoms with Crippen LogP contribution in [-0.2, 0) is 0 Å². The van der Waals surface area contributed by atoms with Gasteiger partial charge in [-0.3, -0.25) is 5.84 Å². The highest BCUT2D eigenvalue weighted by Crippen LogP contribution is 2.24. The molecule has 0 unspecified atom stereocenters. The molecule has 0 aliphatic rings. The number of rotatable bonds is 4. The fraction of sp³-hybridized carbons (Fsp3) is 0.250. The van der Waals surface area contributed by atoms with Crippen molar-refractivity contribution >= 4 is 5.69 Å². The predicted octanol–water partition coefficient (Wildman–Crippen LogP) is 3.13. The van der Waals surface area contributed by atoms with Crippen LogP contribution in [0.4, 0.5) is 14.5 Å². The highest BCUT2D eigenvalue weighted by molar-refractivity contribution is 5.49. The summed E-state index contributed by atoms with van der Waals surface area (Å²) in [5, 5.41) is 0. The Kier molecular flexibility index (Phi) is 4.79. The minimum Gasteiger partial charge on any atom is -0.433 e. The molecular weight excluding hydrogens is 240 g/mol. The van der Waals surface area contributed by atoms with Crippen LogP contribution >= 0.6 is 0 Å². The van der Waals surface area contributed by atoms with Crippen molar-refractivity contribution in [3.8, 4) is 5.88 Å². The number of hydrazine groups is 1. The molecule has 1 aromatic rings. The van der Waals surface area contributed by atoms with E-state index in [1.807, 2.05) is 0 Å². The predicted molar refractivity (Wildman–Crippen MR) is 66.1 cm³/mol. The zero-order valence-electron chi connectivity index (χ0n) is 10.4. The summed E-state index contributed by atoms with van der Waals surface area (Å²) in [6.45, 7) is 4.32. The normalized spacial score (nSPS) is 13.1. The quantitative estimate of drug-likeness (QED) is 0.375. The van der Waals surface area contributed by atoms with Crippen molar-refractivity contribution in [2.75, 3.05) is 5.43 Å². The number of nitrogens with two attached hydrogens (primary N) is 1. The van der Waals surface area contributed by atoms with Gasteiger partial charge >= 0.3 is 0 Å². The highest BCUT2D eigenvalue weighted by Gasteiger charge is 2.12. The van der Waals surface area contributed by atoms with Gasteiger partial charge in [-0.15, -0.1) is 0 Å². The maximum atomic E-state index is 13.4. The SMILES string of the molecule is C/C=C(F)\C(Oc1cc(C)c(NN)cn1)=C(/C)F. The molecule has 0 spiro atoms. The van der Waals surface area contributed by atoms with Crippen molar-refractivity contribution in [3.63, 3.8) is 0 Å². The molecule has 6 heteroatoms. The average Bonchev–Trinajstić information content (AvgIpc) is 2.35. The van der Waals surface area contributed by atoms with Crippen LogP contribution < -0.4 is 16.0 Å². The summed E-state index contributed by atoms with van der Waals surface area (Å²) >= 11 is 0. The fourth-order valence-electron chi connectivity index (χ4n) is 1.26. The third-order valence-corrected chi connectivity index (χ3v) is 2.23. The van der Waals surface area contributed by atoms with Crippen LogP contribution in [0.1, 0.15) is 19.4 Å². The van der Waals surface area contributed by atoms with Gasteiger partial charge in [-0.2, -0.15) is 0 Å². The molecule has 18 heavy (non-hydrogen) atoms. The lowest BCUT2D eigenvalue weighted by Crippen LogP contribution is -2.09. The lowest BCUT2D eigenvalue weighted by atomic mass is 10.2. The number of nitrogens with zero attached hydrogens (tertiary/aromatic N) is 1. The van der Waals surface area contributed by atoms with E-state index >= 15 is 0 Å². The van der Waals surface area contributed by atoms with Gasteiger partial charge in [0.1, 0.15) is 5.83 Å². The second kappa shape index (κ2) is 6.11. The summed E-state index contributed by atoms with van der Waals surface area (Å²) in [4.78, 5) is 3.89. The number of anilines is 1. The van der Waals surface area contributed by atoms with Gasteiger partial charge in [-0.1, -0.05) is 0 Å². The van der Waals surface area contributed by atoms with E-state index in [0.29, 0.717) is 5.69 Å². The van der Waals surface area contributed by atoms with Crippen molar-refractivity contribution in [2.45, 2.75) is 20.8 Å². The number of nitrogens with one attached hydrogen (secondary N) is 1. The van der Waals surface area contributed by atoms with E-state index in [4.69, 9.17) is 10.6 Å². The second-order valence-electron chi connectivity index (χ2n) is 3.58. The smallest absolute Gasteiger partial charge is 0.219 e. The van der Waals surface area contributed by atoms with Crippen LogP contribution in [0, 0.1) is 6.92 Å². The molecule has 0 amide bonds. The largest absolute Gasteiger partial charge is 0.433 e. The first-order chi connectivity index (χ1) is 8.49. The molecule has 0 saturated carbocycles. The number of allylic oxidation sites excluding steroid dienone is 3. The molecule has 0 radical (unpaired) electrons. The van der Waals surface area contributed by atoms with Gasteiger partial charge in [-0.05, 0) is 32.4 Å². The van der Waals surface area contributed by atoms with Gasteiger partial charge in [0.05, 0.1) is 11.9 Å². The Morgan fingerprint density at radius 1 is 1.50 bits per heavy atom. The number of hydrogen-bond acceptors (Lipinski definition) is 4. The second-order valence-corrected chi connectivity index (χ2v) is 3.58. The molecular formula is C12H15F2N3O.